The fourth-order valence-electron chi connectivity index (χ4n) is 1.82. The number of aryl methyl sites for hydroxylation is 1. The molecule has 0 radical (unpaired) electrons. The van der Waals surface area contributed by atoms with E-state index < -0.39 is 12.0 Å². The first-order chi connectivity index (χ1) is 9.49. The highest BCUT2D eigenvalue weighted by molar-refractivity contribution is 5.90. The van der Waals surface area contributed by atoms with Gasteiger partial charge in [0.1, 0.15) is 11.9 Å². The number of nitrogens with zero attached hydrogens (tertiary/aromatic N) is 1. The Balaban J connectivity index is 2.05. The highest BCUT2D eigenvalue weighted by Gasteiger charge is 2.25. The van der Waals surface area contributed by atoms with E-state index in [1.165, 1.54) is 7.11 Å². The molecule has 2 rings (SSSR count). The topological polar surface area (TPSA) is 80.3 Å². The van der Waals surface area contributed by atoms with E-state index in [9.17, 15) is 9.59 Å². The zero-order chi connectivity index (χ0) is 14.7. The summed E-state index contributed by atoms with van der Waals surface area (Å²) in [4.78, 5) is 27.7. The third kappa shape index (κ3) is 3.69. The van der Waals surface area contributed by atoms with Crippen molar-refractivity contribution in [1.29, 1.82) is 0 Å². The standard InChI is InChI=1S/C14H19N3O3/c1-8-6-10(14(19)20-3)7-12(15-8)16-9(2)13(18)17-11-4-5-11/h6-7,9,11H,4-5H2,1-3H3,(H,15,16)(H,17,18). The maximum atomic E-state index is 11.9. The Morgan fingerprint density at radius 1 is 1.40 bits per heavy atom. The first-order valence-corrected chi connectivity index (χ1v) is 6.63. The van der Waals surface area contributed by atoms with Crippen LogP contribution in [0.25, 0.3) is 0 Å². The second-order valence-electron chi connectivity index (χ2n) is 5.02. The van der Waals surface area contributed by atoms with E-state index in [0.717, 1.165) is 12.8 Å². The molecule has 1 aromatic heterocycles. The van der Waals surface area contributed by atoms with Crippen molar-refractivity contribution in [2.24, 2.45) is 0 Å². The molecular formula is C14H19N3O3. The fraction of sp³-hybridized carbons (Fsp3) is 0.500. The highest BCUT2D eigenvalue weighted by atomic mass is 16.5. The number of carbonyl (C=O) groups excluding carboxylic acids is 2. The van der Waals surface area contributed by atoms with Crippen LogP contribution < -0.4 is 10.6 Å². The summed E-state index contributed by atoms with van der Waals surface area (Å²) in [5.41, 5.74) is 1.10. The van der Waals surface area contributed by atoms with Gasteiger partial charge in [-0.05, 0) is 38.8 Å². The minimum absolute atomic E-state index is 0.0598. The summed E-state index contributed by atoms with van der Waals surface area (Å²) in [7, 11) is 1.33. The first-order valence-electron chi connectivity index (χ1n) is 6.63. The number of rotatable bonds is 5. The van der Waals surface area contributed by atoms with Gasteiger partial charge in [-0.3, -0.25) is 4.79 Å². The largest absolute Gasteiger partial charge is 0.465 e. The number of hydrogen-bond donors (Lipinski definition) is 2. The number of ether oxygens (including phenoxy) is 1. The quantitative estimate of drug-likeness (QED) is 0.792. The van der Waals surface area contributed by atoms with Gasteiger partial charge >= 0.3 is 5.97 Å². The van der Waals surface area contributed by atoms with Gasteiger partial charge in [-0.25, -0.2) is 9.78 Å². The molecular weight excluding hydrogens is 258 g/mol. The summed E-state index contributed by atoms with van der Waals surface area (Å²) in [5.74, 6) is 0.00732. The first kappa shape index (κ1) is 14.3. The van der Waals surface area contributed by atoms with Gasteiger partial charge in [0.15, 0.2) is 0 Å². The number of amides is 1. The Bertz CT molecular complexity index is 526. The van der Waals surface area contributed by atoms with Crippen LogP contribution in [0.5, 0.6) is 0 Å². The maximum absolute atomic E-state index is 11.9. The summed E-state index contributed by atoms with van der Waals surface area (Å²) in [6.45, 7) is 3.55. The van der Waals surface area contributed by atoms with E-state index in [1.54, 1.807) is 26.0 Å². The van der Waals surface area contributed by atoms with E-state index >= 15 is 0 Å². The third-order valence-electron chi connectivity index (χ3n) is 3.06. The third-order valence-corrected chi connectivity index (χ3v) is 3.06. The number of aromatic nitrogens is 1. The van der Waals surface area contributed by atoms with Crippen molar-refractivity contribution in [3.8, 4) is 0 Å². The summed E-state index contributed by atoms with van der Waals surface area (Å²) < 4.78 is 4.69. The Kier molecular flexibility index (Phi) is 4.22. The molecule has 0 bridgehead atoms. The molecule has 6 nitrogen and oxygen atoms in total. The smallest absolute Gasteiger partial charge is 0.338 e. The van der Waals surface area contributed by atoms with E-state index in [4.69, 9.17) is 0 Å². The highest BCUT2D eigenvalue weighted by Crippen LogP contribution is 2.19. The van der Waals surface area contributed by atoms with Gasteiger partial charge in [0, 0.05) is 11.7 Å². The lowest BCUT2D eigenvalue weighted by molar-refractivity contribution is -0.121. The molecule has 1 aliphatic rings. The van der Waals surface area contributed by atoms with Gasteiger partial charge in [-0.15, -0.1) is 0 Å². The fourth-order valence-corrected chi connectivity index (χ4v) is 1.82. The molecule has 20 heavy (non-hydrogen) atoms. The minimum Gasteiger partial charge on any atom is -0.465 e. The van der Waals surface area contributed by atoms with Gasteiger partial charge in [-0.1, -0.05) is 0 Å². The van der Waals surface area contributed by atoms with Crippen LogP contribution in [0.15, 0.2) is 12.1 Å². The van der Waals surface area contributed by atoms with Crippen LogP contribution >= 0.6 is 0 Å². The van der Waals surface area contributed by atoms with Crippen LogP contribution in [0.1, 0.15) is 35.8 Å². The van der Waals surface area contributed by atoms with E-state index in [1.807, 2.05) is 0 Å². The molecule has 1 amide bonds. The van der Waals surface area contributed by atoms with Crippen molar-refractivity contribution >= 4 is 17.7 Å². The van der Waals surface area contributed by atoms with Gasteiger partial charge in [0.25, 0.3) is 0 Å². The van der Waals surface area contributed by atoms with Crippen LogP contribution in [0.4, 0.5) is 5.82 Å². The van der Waals surface area contributed by atoms with Crippen LogP contribution in [0, 0.1) is 6.92 Å². The molecule has 0 aliphatic heterocycles. The van der Waals surface area contributed by atoms with Gasteiger partial charge < -0.3 is 15.4 Å². The van der Waals surface area contributed by atoms with Crippen molar-refractivity contribution in [3.63, 3.8) is 0 Å². The lowest BCUT2D eigenvalue weighted by atomic mass is 10.2. The Morgan fingerprint density at radius 2 is 2.10 bits per heavy atom. The molecule has 1 heterocycles. The number of pyridine rings is 1. The van der Waals surface area contributed by atoms with Crippen molar-refractivity contribution in [1.82, 2.24) is 10.3 Å². The van der Waals surface area contributed by atoms with Crippen LogP contribution in [-0.4, -0.2) is 36.1 Å². The second-order valence-corrected chi connectivity index (χ2v) is 5.02. The molecule has 0 aromatic carbocycles. The number of carbonyl (C=O) groups is 2. The van der Waals surface area contributed by atoms with Crippen LogP contribution in [-0.2, 0) is 9.53 Å². The molecule has 6 heteroatoms. The zero-order valence-corrected chi connectivity index (χ0v) is 11.9. The van der Waals surface area contributed by atoms with Crippen LogP contribution in [0.3, 0.4) is 0 Å². The van der Waals surface area contributed by atoms with E-state index in [2.05, 4.69) is 20.4 Å². The Labute approximate surface area is 117 Å². The molecule has 1 fully saturated rings. The monoisotopic (exact) mass is 277 g/mol. The molecule has 0 saturated heterocycles. The van der Waals surface area contributed by atoms with Gasteiger partial charge in [0.2, 0.25) is 5.91 Å². The van der Waals surface area contributed by atoms with Crippen molar-refractivity contribution in [3.05, 3.63) is 23.4 Å². The Hall–Kier alpha value is -2.11. The van der Waals surface area contributed by atoms with Crippen LogP contribution in [0.2, 0.25) is 0 Å². The molecule has 1 aromatic rings. The zero-order valence-electron chi connectivity index (χ0n) is 11.9. The minimum atomic E-state index is -0.423. The van der Waals surface area contributed by atoms with E-state index in [0.29, 0.717) is 23.1 Å². The summed E-state index contributed by atoms with van der Waals surface area (Å²) >= 11 is 0. The van der Waals surface area contributed by atoms with Crippen molar-refractivity contribution in [2.45, 2.75) is 38.8 Å². The van der Waals surface area contributed by atoms with Gasteiger partial charge in [-0.2, -0.15) is 0 Å². The van der Waals surface area contributed by atoms with Gasteiger partial charge in [0.05, 0.1) is 12.7 Å². The maximum Gasteiger partial charge on any atom is 0.338 e. The average Bonchev–Trinajstić information content (AvgIpc) is 3.20. The van der Waals surface area contributed by atoms with E-state index in [-0.39, 0.29) is 5.91 Å². The number of nitrogens with one attached hydrogen (secondary N) is 2. The molecule has 1 unspecified atom stereocenters. The van der Waals surface area contributed by atoms with Crippen molar-refractivity contribution < 1.29 is 14.3 Å². The molecule has 1 saturated carbocycles. The summed E-state index contributed by atoms with van der Waals surface area (Å²) in [6, 6.07) is 3.14. The normalized spacial score (nSPS) is 15.3. The number of esters is 1. The summed E-state index contributed by atoms with van der Waals surface area (Å²) in [5, 5.41) is 5.92. The van der Waals surface area contributed by atoms with Crippen molar-refractivity contribution in [2.75, 3.05) is 12.4 Å². The predicted octanol–water partition coefficient (Wildman–Crippen LogP) is 1.26. The SMILES string of the molecule is COC(=O)c1cc(C)nc(NC(C)C(=O)NC2CC2)c1. The predicted molar refractivity (Wildman–Crippen MR) is 74.6 cm³/mol. The molecule has 1 aliphatic carbocycles. The molecule has 108 valence electrons. The average molecular weight is 277 g/mol. The number of anilines is 1. The lowest BCUT2D eigenvalue weighted by Gasteiger charge is -2.15. The molecule has 2 N–H and O–H groups in total. The number of methoxy groups -OCH3 is 1. The summed E-state index contributed by atoms with van der Waals surface area (Å²) in [6.07, 6.45) is 2.10. The molecule has 1 atom stereocenters. The Morgan fingerprint density at radius 3 is 2.70 bits per heavy atom. The lowest BCUT2D eigenvalue weighted by Crippen LogP contribution is -2.38. The molecule has 0 spiro atoms. The second kappa shape index (κ2) is 5.90. The number of hydrogen-bond acceptors (Lipinski definition) is 5.